The number of anilines is 1. The molecule has 1 saturated heterocycles. The summed E-state index contributed by atoms with van der Waals surface area (Å²) in [6.45, 7) is 4.23. The minimum atomic E-state index is -0.0205. The van der Waals surface area contributed by atoms with Crippen LogP contribution in [-0.2, 0) is 4.79 Å². The summed E-state index contributed by atoms with van der Waals surface area (Å²) in [4.78, 5) is 28.5. The number of amides is 1. The summed E-state index contributed by atoms with van der Waals surface area (Å²) in [7, 11) is 0. The Labute approximate surface area is 107 Å². The Balaban J connectivity index is 2.37. The summed E-state index contributed by atoms with van der Waals surface area (Å²) < 4.78 is 0.718. The Morgan fingerprint density at radius 1 is 1.59 bits per heavy atom. The quantitative estimate of drug-likeness (QED) is 0.634. The predicted molar refractivity (Wildman–Crippen MR) is 68.0 cm³/mol. The van der Waals surface area contributed by atoms with E-state index in [-0.39, 0.29) is 11.8 Å². The van der Waals surface area contributed by atoms with Crippen molar-refractivity contribution in [2.45, 2.75) is 6.42 Å². The molecule has 2 heterocycles. The van der Waals surface area contributed by atoms with Gasteiger partial charge in [-0.2, -0.15) is 0 Å². The second kappa shape index (κ2) is 4.79. The fourth-order valence-electron chi connectivity index (χ4n) is 1.86. The first kappa shape index (κ1) is 12.0. The Kier molecular flexibility index (Phi) is 3.38. The highest BCUT2D eigenvalue weighted by atomic mass is 79.9. The summed E-state index contributed by atoms with van der Waals surface area (Å²) >= 11 is 3.25. The van der Waals surface area contributed by atoms with Crippen LogP contribution in [0, 0.1) is 5.92 Å². The minimum absolute atomic E-state index is 0.0205. The van der Waals surface area contributed by atoms with Crippen LogP contribution in [0.4, 0.5) is 5.82 Å². The molecular weight excluding hydrogens is 284 g/mol. The lowest BCUT2D eigenvalue weighted by atomic mass is 10.1. The SMILES string of the molecule is C=CC1CC(=O)N(c2ncc(Br)cc2C=O)C1. The van der Waals surface area contributed by atoms with Crippen molar-refractivity contribution < 1.29 is 9.59 Å². The molecule has 1 aromatic heterocycles. The van der Waals surface area contributed by atoms with E-state index < -0.39 is 0 Å². The van der Waals surface area contributed by atoms with E-state index in [4.69, 9.17) is 0 Å². The molecule has 2 rings (SSSR count). The molecule has 1 amide bonds. The van der Waals surface area contributed by atoms with Crippen molar-refractivity contribution in [3.63, 3.8) is 0 Å². The third kappa shape index (κ3) is 2.29. The molecule has 1 aliphatic heterocycles. The number of aromatic nitrogens is 1. The third-order valence-corrected chi connectivity index (χ3v) is 3.17. The highest BCUT2D eigenvalue weighted by Gasteiger charge is 2.30. The molecule has 1 aromatic rings. The zero-order valence-corrected chi connectivity index (χ0v) is 10.7. The highest BCUT2D eigenvalue weighted by molar-refractivity contribution is 9.10. The molecule has 0 aliphatic carbocycles. The Morgan fingerprint density at radius 3 is 2.94 bits per heavy atom. The molecule has 5 heteroatoms. The van der Waals surface area contributed by atoms with Crippen LogP contribution in [0.15, 0.2) is 29.4 Å². The van der Waals surface area contributed by atoms with Crippen LogP contribution in [0.1, 0.15) is 16.8 Å². The molecule has 0 aromatic carbocycles. The minimum Gasteiger partial charge on any atom is -0.298 e. The van der Waals surface area contributed by atoms with E-state index in [2.05, 4.69) is 27.5 Å². The fourth-order valence-corrected chi connectivity index (χ4v) is 2.21. The zero-order chi connectivity index (χ0) is 12.4. The Bertz CT molecular complexity index is 487. The first-order valence-corrected chi connectivity index (χ1v) is 5.98. The second-order valence-electron chi connectivity index (χ2n) is 3.89. The summed E-state index contributed by atoms with van der Waals surface area (Å²) in [6.07, 6.45) is 4.48. The van der Waals surface area contributed by atoms with Crippen molar-refractivity contribution in [1.29, 1.82) is 0 Å². The Morgan fingerprint density at radius 2 is 2.35 bits per heavy atom. The van der Waals surface area contributed by atoms with E-state index in [9.17, 15) is 9.59 Å². The summed E-state index contributed by atoms with van der Waals surface area (Å²) in [5, 5.41) is 0. The molecule has 0 spiro atoms. The second-order valence-corrected chi connectivity index (χ2v) is 4.80. The van der Waals surface area contributed by atoms with E-state index in [1.807, 2.05) is 0 Å². The van der Waals surface area contributed by atoms with Gasteiger partial charge in [0.25, 0.3) is 0 Å². The first-order valence-electron chi connectivity index (χ1n) is 5.19. The maximum absolute atomic E-state index is 11.8. The van der Waals surface area contributed by atoms with Crippen molar-refractivity contribution in [1.82, 2.24) is 4.98 Å². The van der Waals surface area contributed by atoms with Crippen molar-refractivity contribution in [3.05, 3.63) is 35.0 Å². The lowest BCUT2D eigenvalue weighted by Gasteiger charge is -2.16. The van der Waals surface area contributed by atoms with Crippen molar-refractivity contribution in [2.75, 3.05) is 11.4 Å². The largest absolute Gasteiger partial charge is 0.298 e. The molecule has 0 bridgehead atoms. The monoisotopic (exact) mass is 294 g/mol. The summed E-state index contributed by atoms with van der Waals surface area (Å²) in [5.41, 5.74) is 0.414. The molecule has 17 heavy (non-hydrogen) atoms. The molecule has 1 fully saturated rings. The van der Waals surface area contributed by atoms with Crippen molar-refractivity contribution in [3.8, 4) is 0 Å². The van der Waals surface area contributed by atoms with Gasteiger partial charge in [0.1, 0.15) is 5.82 Å². The standard InChI is InChI=1S/C12H11BrN2O2/c1-2-8-3-11(17)15(6-8)12-9(7-16)4-10(13)5-14-12/h2,4-5,7-8H,1,3,6H2. The van der Waals surface area contributed by atoms with E-state index in [1.165, 1.54) is 0 Å². The van der Waals surface area contributed by atoms with Crippen molar-refractivity contribution in [2.24, 2.45) is 5.92 Å². The number of pyridine rings is 1. The van der Waals surface area contributed by atoms with E-state index in [0.717, 1.165) is 4.47 Å². The van der Waals surface area contributed by atoms with Crippen LogP contribution in [0.25, 0.3) is 0 Å². The molecule has 1 atom stereocenters. The third-order valence-electron chi connectivity index (χ3n) is 2.73. The molecule has 4 nitrogen and oxygen atoms in total. The van der Waals surface area contributed by atoms with E-state index >= 15 is 0 Å². The van der Waals surface area contributed by atoms with Gasteiger partial charge in [-0.1, -0.05) is 6.08 Å². The van der Waals surface area contributed by atoms with Crippen LogP contribution < -0.4 is 4.90 Å². The van der Waals surface area contributed by atoms with Gasteiger partial charge in [-0.05, 0) is 22.0 Å². The number of carbonyl (C=O) groups is 2. The number of nitrogens with zero attached hydrogens (tertiary/aromatic N) is 2. The van der Waals surface area contributed by atoms with E-state index in [1.54, 1.807) is 23.2 Å². The summed E-state index contributed by atoms with van der Waals surface area (Å²) in [5.74, 6) is 0.540. The topological polar surface area (TPSA) is 50.3 Å². The Hall–Kier alpha value is -1.49. The first-order chi connectivity index (χ1) is 8.15. The highest BCUT2D eigenvalue weighted by Crippen LogP contribution is 2.27. The number of halogens is 1. The van der Waals surface area contributed by atoms with Crippen molar-refractivity contribution >= 4 is 33.9 Å². The van der Waals surface area contributed by atoms with Gasteiger partial charge in [-0.15, -0.1) is 6.58 Å². The van der Waals surface area contributed by atoms with Crippen LogP contribution in [0.2, 0.25) is 0 Å². The number of carbonyl (C=O) groups excluding carboxylic acids is 2. The van der Waals surface area contributed by atoms with Gasteiger partial charge < -0.3 is 0 Å². The predicted octanol–water partition coefficient (Wildman–Crippen LogP) is 2.20. The fraction of sp³-hybridized carbons (Fsp3) is 0.250. The number of hydrogen-bond donors (Lipinski definition) is 0. The molecule has 0 N–H and O–H groups in total. The molecule has 0 saturated carbocycles. The lowest BCUT2D eigenvalue weighted by molar-refractivity contribution is -0.117. The van der Waals surface area contributed by atoms with Gasteiger partial charge in [-0.25, -0.2) is 4.98 Å². The number of rotatable bonds is 3. The van der Waals surface area contributed by atoms with Crippen LogP contribution in [0.5, 0.6) is 0 Å². The average Bonchev–Trinajstić information content (AvgIpc) is 2.70. The maximum atomic E-state index is 11.8. The van der Waals surface area contributed by atoms with Crippen LogP contribution >= 0.6 is 15.9 Å². The van der Waals surface area contributed by atoms with Gasteiger partial charge in [0.05, 0.1) is 5.56 Å². The molecule has 0 radical (unpaired) electrons. The van der Waals surface area contributed by atoms with Gasteiger partial charge in [0.15, 0.2) is 6.29 Å². The molecule has 1 aliphatic rings. The zero-order valence-electron chi connectivity index (χ0n) is 9.10. The van der Waals surface area contributed by atoms with Crippen LogP contribution in [0.3, 0.4) is 0 Å². The lowest BCUT2D eigenvalue weighted by Crippen LogP contribution is -2.26. The normalized spacial score (nSPS) is 19.5. The molecule has 88 valence electrons. The van der Waals surface area contributed by atoms with Gasteiger partial charge in [0.2, 0.25) is 5.91 Å². The average molecular weight is 295 g/mol. The maximum Gasteiger partial charge on any atom is 0.228 e. The number of aldehydes is 1. The van der Waals surface area contributed by atoms with Crippen LogP contribution in [-0.4, -0.2) is 23.7 Å². The molecule has 1 unspecified atom stereocenters. The van der Waals surface area contributed by atoms with Gasteiger partial charge in [-0.3, -0.25) is 14.5 Å². The van der Waals surface area contributed by atoms with E-state index in [0.29, 0.717) is 30.6 Å². The molecular formula is C12H11BrN2O2. The summed E-state index contributed by atoms with van der Waals surface area (Å²) in [6, 6.07) is 1.66. The van der Waals surface area contributed by atoms with Gasteiger partial charge >= 0.3 is 0 Å². The number of hydrogen-bond acceptors (Lipinski definition) is 3. The smallest absolute Gasteiger partial charge is 0.228 e. The van der Waals surface area contributed by atoms with Gasteiger partial charge in [0, 0.05) is 29.6 Å².